The number of imidazole rings is 1. The van der Waals surface area contributed by atoms with Crippen LogP contribution in [0.1, 0.15) is 44.3 Å². The number of hydrogen-bond acceptors (Lipinski definition) is 2. The monoisotopic (exact) mass is 357 g/mol. The molecule has 1 aliphatic heterocycles. The first-order valence-electron chi connectivity index (χ1n) is 8.93. The van der Waals surface area contributed by atoms with Crippen molar-refractivity contribution in [1.29, 1.82) is 0 Å². The van der Waals surface area contributed by atoms with Crippen LogP contribution in [0.5, 0.6) is 0 Å². The Morgan fingerprint density at radius 2 is 2.04 bits per heavy atom. The topological polar surface area (TPSA) is 45.5 Å². The second kappa shape index (κ2) is 7.25. The summed E-state index contributed by atoms with van der Waals surface area (Å²) >= 11 is 0. The summed E-state index contributed by atoms with van der Waals surface area (Å²) in [6, 6.07) is 0. The Kier molecular flexibility index (Phi) is 5.24. The highest BCUT2D eigenvalue weighted by Crippen LogP contribution is 2.43. The summed E-state index contributed by atoms with van der Waals surface area (Å²) in [5, 5.41) is 3.19. The first-order valence-corrected chi connectivity index (χ1v) is 8.93. The van der Waals surface area contributed by atoms with E-state index in [1.54, 1.807) is 7.05 Å². The molecular weight excluding hydrogens is 331 g/mol. The van der Waals surface area contributed by atoms with E-state index in [9.17, 15) is 13.2 Å². The maximum Gasteiger partial charge on any atom is 0.406 e. The van der Waals surface area contributed by atoms with Crippen LogP contribution in [0.3, 0.4) is 0 Å². The van der Waals surface area contributed by atoms with E-state index in [4.69, 9.17) is 0 Å². The SMILES string of the molecule is CN=C(NCc1nccn1CC(F)(F)F)N1CCC2(CCCCC2)C1. The van der Waals surface area contributed by atoms with Crippen molar-refractivity contribution in [2.45, 2.75) is 57.8 Å². The average Bonchev–Trinajstić information content (AvgIpc) is 3.15. The molecule has 25 heavy (non-hydrogen) atoms. The van der Waals surface area contributed by atoms with Crippen molar-refractivity contribution < 1.29 is 13.2 Å². The Morgan fingerprint density at radius 3 is 2.72 bits per heavy atom. The van der Waals surface area contributed by atoms with Gasteiger partial charge in [0.2, 0.25) is 0 Å². The van der Waals surface area contributed by atoms with Gasteiger partial charge in [0.05, 0.1) is 6.54 Å². The summed E-state index contributed by atoms with van der Waals surface area (Å²) in [6.07, 6.45) is 6.17. The molecule has 1 aromatic heterocycles. The van der Waals surface area contributed by atoms with Gasteiger partial charge in [-0.1, -0.05) is 19.3 Å². The number of nitrogens with zero attached hydrogens (tertiary/aromatic N) is 4. The van der Waals surface area contributed by atoms with Crippen LogP contribution in [0.25, 0.3) is 0 Å². The largest absolute Gasteiger partial charge is 0.406 e. The van der Waals surface area contributed by atoms with Crippen molar-refractivity contribution in [2.24, 2.45) is 10.4 Å². The fourth-order valence-electron chi connectivity index (χ4n) is 4.16. The summed E-state index contributed by atoms with van der Waals surface area (Å²) < 4.78 is 39.0. The van der Waals surface area contributed by atoms with Crippen LogP contribution in [0, 0.1) is 5.41 Å². The molecular formula is C17H26F3N5. The molecule has 5 nitrogen and oxygen atoms in total. The van der Waals surface area contributed by atoms with E-state index < -0.39 is 12.7 Å². The quantitative estimate of drug-likeness (QED) is 0.668. The molecule has 1 N–H and O–H groups in total. The van der Waals surface area contributed by atoms with E-state index in [1.165, 1.54) is 50.9 Å². The lowest BCUT2D eigenvalue weighted by Gasteiger charge is -2.33. The highest BCUT2D eigenvalue weighted by molar-refractivity contribution is 5.80. The van der Waals surface area contributed by atoms with Crippen LogP contribution in [0.15, 0.2) is 17.4 Å². The number of alkyl halides is 3. The Labute approximate surface area is 146 Å². The van der Waals surface area contributed by atoms with Crippen LogP contribution >= 0.6 is 0 Å². The number of aromatic nitrogens is 2. The van der Waals surface area contributed by atoms with Gasteiger partial charge in [0, 0.05) is 32.5 Å². The van der Waals surface area contributed by atoms with E-state index in [0.29, 0.717) is 11.2 Å². The van der Waals surface area contributed by atoms with Crippen molar-refractivity contribution in [3.8, 4) is 0 Å². The molecule has 0 bridgehead atoms. The third-order valence-corrected chi connectivity index (χ3v) is 5.42. The molecule has 0 unspecified atom stereocenters. The molecule has 1 spiro atoms. The van der Waals surface area contributed by atoms with Crippen LogP contribution in [-0.4, -0.2) is 46.7 Å². The lowest BCUT2D eigenvalue weighted by molar-refractivity contribution is -0.141. The minimum atomic E-state index is -4.25. The Bertz CT molecular complexity index is 602. The molecule has 140 valence electrons. The predicted octanol–water partition coefficient (Wildman–Crippen LogP) is 3.18. The summed E-state index contributed by atoms with van der Waals surface area (Å²) in [5.74, 6) is 1.12. The molecule has 3 rings (SSSR count). The predicted molar refractivity (Wildman–Crippen MR) is 90.2 cm³/mol. The minimum Gasteiger partial charge on any atom is -0.349 e. The molecule has 2 fully saturated rings. The lowest BCUT2D eigenvalue weighted by Crippen LogP contribution is -2.41. The molecule has 0 atom stereocenters. The molecule has 2 heterocycles. The fraction of sp³-hybridized carbons (Fsp3) is 0.765. The molecule has 0 aromatic carbocycles. The van der Waals surface area contributed by atoms with Gasteiger partial charge in [-0.15, -0.1) is 0 Å². The first kappa shape index (κ1) is 18.1. The zero-order chi connectivity index (χ0) is 17.9. The summed E-state index contributed by atoms with van der Waals surface area (Å²) in [6.45, 7) is 1.16. The Morgan fingerprint density at radius 1 is 1.28 bits per heavy atom. The highest BCUT2D eigenvalue weighted by atomic mass is 19.4. The van der Waals surface area contributed by atoms with Gasteiger partial charge in [-0.05, 0) is 24.7 Å². The van der Waals surface area contributed by atoms with Crippen molar-refractivity contribution in [3.63, 3.8) is 0 Å². The molecule has 1 saturated heterocycles. The molecule has 1 aromatic rings. The lowest BCUT2D eigenvalue weighted by atomic mass is 9.73. The number of halogens is 3. The van der Waals surface area contributed by atoms with Gasteiger partial charge in [0.1, 0.15) is 12.4 Å². The van der Waals surface area contributed by atoms with Gasteiger partial charge in [0.25, 0.3) is 0 Å². The third-order valence-electron chi connectivity index (χ3n) is 5.42. The van der Waals surface area contributed by atoms with Crippen LogP contribution in [-0.2, 0) is 13.1 Å². The van der Waals surface area contributed by atoms with Crippen molar-refractivity contribution >= 4 is 5.96 Å². The zero-order valence-corrected chi connectivity index (χ0v) is 14.6. The van der Waals surface area contributed by atoms with Gasteiger partial charge >= 0.3 is 6.18 Å². The van der Waals surface area contributed by atoms with E-state index in [1.807, 2.05) is 0 Å². The molecule has 0 amide bonds. The fourth-order valence-corrected chi connectivity index (χ4v) is 4.16. The smallest absolute Gasteiger partial charge is 0.349 e. The number of rotatable bonds is 3. The summed E-state index contributed by atoms with van der Waals surface area (Å²) in [7, 11) is 1.72. The van der Waals surface area contributed by atoms with E-state index in [0.717, 1.165) is 23.6 Å². The number of hydrogen-bond donors (Lipinski definition) is 1. The molecule has 0 radical (unpaired) electrons. The second-order valence-electron chi connectivity index (χ2n) is 7.22. The number of guanidine groups is 1. The molecule has 8 heteroatoms. The van der Waals surface area contributed by atoms with E-state index in [2.05, 4.69) is 20.2 Å². The Balaban J connectivity index is 1.58. The van der Waals surface area contributed by atoms with Crippen LogP contribution < -0.4 is 5.32 Å². The molecule has 2 aliphatic rings. The van der Waals surface area contributed by atoms with Crippen molar-refractivity contribution in [1.82, 2.24) is 19.8 Å². The van der Waals surface area contributed by atoms with Gasteiger partial charge in [-0.3, -0.25) is 4.99 Å². The number of nitrogens with one attached hydrogen (secondary N) is 1. The van der Waals surface area contributed by atoms with E-state index in [-0.39, 0.29) is 6.54 Å². The maximum absolute atomic E-state index is 12.6. The summed E-state index contributed by atoms with van der Waals surface area (Å²) in [5.41, 5.74) is 0.407. The minimum absolute atomic E-state index is 0.235. The maximum atomic E-state index is 12.6. The Hall–Kier alpha value is -1.73. The second-order valence-corrected chi connectivity index (χ2v) is 7.22. The normalized spacial score (nSPS) is 21.1. The highest BCUT2D eigenvalue weighted by Gasteiger charge is 2.39. The van der Waals surface area contributed by atoms with Gasteiger partial charge in [0.15, 0.2) is 5.96 Å². The van der Waals surface area contributed by atoms with Gasteiger partial charge in [-0.25, -0.2) is 4.98 Å². The zero-order valence-electron chi connectivity index (χ0n) is 14.6. The third kappa shape index (κ3) is 4.46. The van der Waals surface area contributed by atoms with Crippen LogP contribution in [0.4, 0.5) is 13.2 Å². The average molecular weight is 357 g/mol. The van der Waals surface area contributed by atoms with Crippen molar-refractivity contribution in [3.05, 3.63) is 18.2 Å². The first-order chi connectivity index (χ1) is 11.9. The standard InChI is InChI=1S/C17H26F3N5/c1-21-15(25-9-7-16(12-25)5-3-2-4-6-16)23-11-14-22-8-10-24(14)13-17(18,19)20/h8,10H,2-7,9,11-13H2,1H3,(H,21,23). The van der Waals surface area contributed by atoms with Crippen LogP contribution in [0.2, 0.25) is 0 Å². The van der Waals surface area contributed by atoms with Gasteiger partial charge < -0.3 is 14.8 Å². The van der Waals surface area contributed by atoms with Crippen molar-refractivity contribution in [2.75, 3.05) is 20.1 Å². The molecule has 1 aliphatic carbocycles. The molecule has 1 saturated carbocycles. The summed E-state index contributed by atoms with van der Waals surface area (Å²) in [4.78, 5) is 10.6. The van der Waals surface area contributed by atoms with Gasteiger partial charge in [-0.2, -0.15) is 13.2 Å². The number of aliphatic imine (C=N–C) groups is 1. The van der Waals surface area contributed by atoms with E-state index >= 15 is 0 Å². The number of likely N-dealkylation sites (tertiary alicyclic amines) is 1.